The standard InChI is InChI=1S/C12H12N2O2/c1-8-3-9(6-14-11(8)16-2)12(7-13)4-10(15)5-12/h3,6H,4-5H2,1-2H3. The molecule has 0 spiro atoms. The van der Waals surface area contributed by atoms with Crippen LogP contribution in [-0.2, 0) is 10.2 Å². The summed E-state index contributed by atoms with van der Waals surface area (Å²) >= 11 is 0. The second-order valence-electron chi connectivity index (χ2n) is 4.14. The van der Waals surface area contributed by atoms with Crippen molar-refractivity contribution in [3.8, 4) is 11.9 Å². The van der Waals surface area contributed by atoms with Crippen molar-refractivity contribution in [1.29, 1.82) is 5.26 Å². The highest BCUT2D eigenvalue weighted by Crippen LogP contribution is 2.41. The van der Waals surface area contributed by atoms with E-state index in [-0.39, 0.29) is 5.78 Å². The molecule has 0 bridgehead atoms. The predicted molar refractivity (Wildman–Crippen MR) is 57.1 cm³/mol. The van der Waals surface area contributed by atoms with Gasteiger partial charge in [0, 0.05) is 24.6 Å². The first-order chi connectivity index (χ1) is 7.61. The summed E-state index contributed by atoms with van der Waals surface area (Å²) < 4.78 is 5.06. The Kier molecular flexibility index (Phi) is 2.39. The molecule has 1 heterocycles. The van der Waals surface area contributed by atoms with Crippen LogP contribution in [0, 0.1) is 18.3 Å². The Morgan fingerprint density at radius 1 is 1.56 bits per heavy atom. The average molecular weight is 216 g/mol. The first kappa shape index (κ1) is 10.6. The Labute approximate surface area is 93.9 Å². The molecule has 1 aliphatic carbocycles. The molecule has 4 heteroatoms. The van der Waals surface area contributed by atoms with Crippen molar-refractivity contribution in [2.75, 3.05) is 7.11 Å². The number of rotatable bonds is 2. The monoisotopic (exact) mass is 216 g/mol. The second kappa shape index (κ2) is 3.60. The Morgan fingerprint density at radius 2 is 2.25 bits per heavy atom. The van der Waals surface area contributed by atoms with Crippen LogP contribution in [0.25, 0.3) is 0 Å². The number of nitriles is 1. The summed E-state index contributed by atoms with van der Waals surface area (Å²) in [6.45, 7) is 1.88. The molecule has 0 aliphatic heterocycles. The van der Waals surface area contributed by atoms with Crippen LogP contribution >= 0.6 is 0 Å². The molecule has 0 radical (unpaired) electrons. The molecule has 0 aromatic carbocycles. The molecule has 1 fully saturated rings. The third-order valence-corrected chi connectivity index (χ3v) is 2.99. The van der Waals surface area contributed by atoms with Gasteiger partial charge in [0.1, 0.15) is 5.78 Å². The van der Waals surface area contributed by atoms with Crippen LogP contribution in [0.15, 0.2) is 12.3 Å². The fourth-order valence-electron chi connectivity index (χ4n) is 2.01. The molecule has 0 amide bonds. The van der Waals surface area contributed by atoms with E-state index in [0.29, 0.717) is 18.7 Å². The van der Waals surface area contributed by atoms with Gasteiger partial charge in [-0.05, 0) is 18.6 Å². The van der Waals surface area contributed by atoms with E-state index < -0.39 is 5.41 Å². The lowest BCUT2D eigenvalue weighted by Gasteiger charge is -2.33. The van der Waals surface area contributed by atoms with Gasteiger partial charge >= 0.3 is 0 Å². The molecule has 1 aromatic heterocycles. The SMILES string of the molecule is COc1ncc(C2(C#N)CC(=O)C2)cc1C. The lowest BCUT2D eigenvalue weighted by molar-refractivity contribution is -0.126. The topological polar surface area (TPSA) is 63.0 Å². The molecular formula is C12H12N2O2. The van der Waals surface area contributed by atoms with Crippen molar-refractivity contribution in [1.82, 2.24) is 4.98 Å². The van der Waals surface area contributed by atoms with Gasteiger partial charge in [-0.25, -0.2) is 4.98 Å². The molecule has 82 valence electrons. The first-order valence-corrected chi connectivity index (χ1v) is 5.05. The minimum absolute atomic E-state index is 0.134. The Bertz CT molecular complexity index is 480. The molecule has 1 saturated carbocycles. The van der Waals surface area contributed by atoms with Gasteiger partial charge in [0.2, 0.25) is 5.88 Å². The van der Waals surface area contributed by atoms with E-state index in [2.05, 4.69) is 11.1 Å². The van der Waals surface area contributed by atoms with Gasteiger partial charge in [0.15, 0.2) is 0 Å². The number of Topliss-reactive ketones (excluding diaryl/α,β-unsaturated/α-hetero) is 1. The van der Waals surface area contributed by atoms with Gasteiger partial charge in [-0.3, -0.25) is 4.79 Å². The third kappa shape index (κ3) is 1.45. The molecule has 4 nitrogen and oxygen atoms in total. The van der Waals surface area contributed by atoms with Gasteiger partial charge in [0.05, 0.1) is 18.6 Å². The van der Waals surface area contributed by atoms with Crippen LogP contribution < -0.4 is 4.74 Å². The summed E-state index contributed by atoms with van der Waals surface area (Å²) in [4.78, 5) is 15.2. The third-order valence-electron chi connectivity index (χ3n) is 2.99. The van der Waals surface area contributed by atoms with E-state index in [1.54, 1.807) is 13.3 Å². The van der Waals surface area contributed by atoms with Crippen LogP contribution in [-0.4, -0.2) is 17.9 Å². The molecule has 2 rings (SSSR count). The van der Waals surface area contributed by atoms with Gasteiger partial charge in [-0.2, -0.15) is 5.26 Å². The maximum atomic E-state index is 11.1. The zero-order valence-corrected chi connectivity index (χ0v) is 9.28. The Hall–Kier alpha value is -1.89. The summed E-state index contributed by atoms with van der Waals surface area (Å²) in [5.74, 6) is 0.692. The summed E-state index contributed by atoms with van der Waals surface area (Å²) in [6.07, 6.45) is 2.23. The van der Waals surface area contributed by atoms with Crippen molar-refractivity contribution in [2.45, 2.75) is 25.2 Å². The molecule has 0 atom stereocenters. The number of ether oxygens (including phenoxy) is 1. The summed E-state index contributed by atoms with van der Waals surface area (Å²) in [5.41, 5.74) is 1.04. The van der Waals surface area contributed by atoms with E-state index in [0.717, 1.165) is 11.1 Å². The molecule has 16 heavy (non-hydrogen) atoms. The number of aryl methyl sites for hydroxylation is 1. The highest BCUT2D eigenvalue weighted by atomic mass is 16.5. The number of methoxy groups -OCH3 is 1. The van der Waals surface area contributed by atoms with E-state index >= 15 is 0 Å². The number of hydrogen-bond donors (Lipinski definition) is 0. The van der Waals surface area contributed by atoms with Crippen molar-refractivity contribution < 1.29 is 9.53 Å². The van der Waals surface area contributed by atoms with E-state index in [9.17, 15) is 4.79 Å². The maximum absolute atomic E-state index is 11.1. The zero-order chi connectivity index (χ0) is 11.8. The lowest BCUT2D eigenvalue weighted by atomic mass is 9.65. The first-order valence-electron chi connectivity index (χ1n) is 5.05. The van der Waals surface area contributed by atoms with E-state index in [4.69, 9.17) is 10.00 Å². The highest BCUT2D eigenvalue weighted by Gasteiger charge is 2.45. The summed E-state index contributed by atoms with van der Waals surface area (Å²) in [7, 11) is 1.56. The Balaban J connectivity index is 2.38. The number of nitrogens with zero attached hydrogens (tertiary/aromatic N) is 2. The molecular weight excluding hydrogens is 204 g/mol. The Morgan fingerprint density at radius 3 is 2.69 bits per heavy atom. The number of pyridine rings is 1. The molecule has 0 saturated heterocycles. The quantitative estimate of drug-likeness (QED) is 0.752. The van der Waals surface area contributed by atoms with Crippen LogP contribution in [0.1, 0.15) is 24.0 Å². The molecule has 0 unspecified atom stereocenters. The predicted octanol–water partition coefficient (Wildman–Crippen LogP) is 1.52. The van der Waals surface area contributed by atoms with Gasteiger partial charge in [-0.15, -0.1) is 0 Å². The summed E-state index contributed by atoms with van der Waals surface area (Å²) in [5, 5.41) is 9.16. The highest BCUT2D eigenvalue weighted by molar-refractivity contribution is 5.90. The number of ketones is 1. The van der Waals surface area contributed by atoms with E-state index in [1.165, 1.54) is 0 Å². The summed E-state index contributed by atoms with van der Waals surface area (Å²) in [6, 6.07) is 4.10. The van der Waals surface area contributed by atoms with Crippen LogP contribution in [0.3, 0.4) is 0 Å². The van der Waals surface area contributed by atoms with Crippen molar-refractivity contribution in [2.24, 2.45) is 0 Å². The number of carbonyl (C=O) groups is 1. The van der Waals surface area contributed by atoms with Crippen LogP contribution in [0.5, 0.6) is 5.88 Å². The normalized spacial score (nSPS) is 17.4. The lowest BCUT2D eigenvalue weighted by Crippen LogP contribution is -2.40. The zero-order valence-electron chi connectivity index (χ0n) is 9.28. The van der Waals surface area contributed by atoms with E-state index in [1.807, 2.05) is 13.0 Å². The number of hydrogen-bond acceptors (Lipinski definition) is 4. The van der Waals surface area contributed by atoms with Crippen LogP contribution in [0.2, 0.25) is 0 Å². The van der Waals surface area contributed by atoms with Gasteiger partial charge < -0.3 is 4.74 Å². The van der Waals surface area contributed by atoms with Gasteiger partial charge in [-0.1, -0.05) is 0 Å². The smallest absolute Gasteiger partial charge is 0.215 e. The van der Waals surface area contributed by atoms with Crippen molar-refractivity contribution >= 4 is 5.78 Å². The molecule has 0 N–H and O–H groups in total. The second-order valence-corrected chi connectivity index (χ2v) is 4.14. The van der Waals surface area contributed by atoms with Crippen molar-refractivity contribution in [3.63, 3.8) is 0 Å². The average Bonchev–Trinajstić information content (AvgIpc) is 2.24. The van der Waals surface area contributed by atoms with Crippen LogP contribution in [0.4, 0.5) is 0 Å². The van der Waals surface area contributed by atoms with Gasteiger partial charge in [0.25, 0.3) is 0 Å². The molecule has 1 aromatic rings. The van der Waals surface area contributed by atoms with Crippen molar-refractivity contribution in [3.05, 3.63) is 23.4 Å². The number of carbonyl (C=O) groups excluding carboxylic acids is 1. The number of aromatic nitrogens is 1. The molecule has 1 aliphatic rings. The largest absolute Gasteiger partial charge is 0.481 e. The maximum Gasteiger partial charge on any atom is 0.215 e. The minimum atomic E-state index is -0.652. The minimum Gasteiger partial charge on any atom is -0.481 e. The fourth-order valence-corrected chi connectivity index (χ4v) is 2.01. The fraction of sp³-hybridized carbons (Fsp3) is 0.417.